The van der Waals surface area contributed by atoms with Crippen molar-refractivity contribution in [2.75, 3.05) is 14.1 Å². The fourth-order valence-electron chi connectivity index (χ4n) is 1.10. The quantitative estimate of drug-likeness (QED) is 0.730. The number of carbonyl (C=O) groups is 1. The second-order valence-corrected chi connectivity index (χ2v) is 3.20. The van der Waals surface area contributed by atoms with Crippen LogP contribution in [0.3, 0.4) is 0 Å². The Morgan fingerprint density at radius 2 is 2.07 bits per heavy atom. The highest BCUT2D eigenvalue weighted by Crippen LogP contribution is 2.06. The van der Waals surface area contributed by atoms with Crippen LogP contribution in [-0.2, 0) is 11.2 Å². The van der Waals surface area contributed by atoms with Gasteiger partial charge in [0.05, 0.1) is 6.42 Å². The summed E-state index contributed by atoms with van der Waals surface area (Å²) in [5.74, 6) is -0.568. The Bertz CT molecular complexity index is 326. The van der Waals surface area contributed by atoms with Crippen LogP contribution < -0.4 is 5.43 Å². The number of hydrogen-bond acceptors (Lipinski definition) is 2. The number of halogens is 1. The van der Waals surface area contributed by atoms with Crippen LogP contribution in [0.4, 0.5) is 4.39 Å². The van der Waals surface area contributed by atoms with Crippen LogP contribution in [0.15, 0.2) is 24.3 Å². The topological polar surface area (TPSA) is 32.3 Å². The third kappa shape index (κ3) is 3.14. The number of carbonyl (C=O) groups excluding carboxylic acids is 1. The molecule has 1 aromatic rings. The van der Waals surface area contributed by atoms with Gasteiger partial charge >= 0.3 is 0 Å². The molecule has 4 heteroatoms. The summed E-state index contributed by atoms with van der Waals surface area (Å²) in [6, 6.07) is 6.26. The highest BCUT2D eigenvalue weighted by atomic mass is 19.1. The van der Waals surface area contributed by atoms with Crippen LogP contribution in [0.25, 0.3) is 0 Å². The zero-order valence-corrected chi connectivity index (χ0v) is 8.25. The number of hydrazine groups is 1. The molecule has 1 rings (SSSR count). The summed E-state index contributed by atoms with van der Waals surface area (Å²) < 4.78 is 13.1. The second-order valence-electron chi connectivity index (χ2n) is 3.20. The molecule has 0 saturated carbocycles. The molecule has 0 spiro atoms. The second kappa shape index (κ2) is 4.72. The average molecular weight is 196 g/mol. The minimum atomic E-state index is -0.346. The molecular formula is C10H13FN2O. The van der Waals surface area contributed by atoms with Gasteiger partial charge in [0, 0.05) is 14.1 Å². The van der Waals surface area contributed by atoms with Crippen molar-refractivity contribution in [2.24, 2.45) is 0 Å². The fraction of sp³-hybridized carbons (Fsp3) is 0.300. The van der Waals surface area contributed by atoms with E-state index in [0.29, 0.717) is 5.56 Å². The zero-order valence-electron chi connectivity index (χ0n) is 8.25. The number of benzene rings is 1. The predicted octanol–water partition coefficient (Wildman–Crippen LogP) is 0.961. The number of nitrogens with zero attached hydrogens (tertiary/aromatic N) is 1. The smallest absolute Gasteiger partial charge is 0.238 e. The van der Waals surface area contributed by atoms with E-state index in [1.54, 1.807) is 32.3 Å². The van der Waals surface area contributed by atoms with Crippen LogP contribution in [0.5, 0.6) is 0 Å². The Morgan fingerprint density at radius 3 is 2.64 bits per heavy atom. The first-order valence-corrected chi connectivity index (χ1v) is 4.30. The summed E-state index contributed by atoms with van der Waals surface area (Å²) in [5.41, 5.74) is 2.96. The van der Waals surface area contributed by atoms with Gasteiger partial charge in [-0.2, -0.15) is 0 Å². The summed E-state index contributed by atoms with van der Waals surface area (Å²) in [7, 11) is 3.42. The highest BCUT2D eigenvalue weighted by Gasteiger charge is 2.07. The van der Waals surface area contributed by atoms with Crippen molar-refractivity contribution >= 4 is 5.91 Å². The Labute approximate surface area is 82.5 Å². The van der Waals surface area contributed by atoms with Crippen molar-refractivity contribution in [1.29, 1.82) is 0 Å². The first-order chi connectivity index (χ1) is 6.59. The van der Waals surface area contributed by atoms with E-state index < -0.39 is 0 Å². The van der Waals surface area contributed by atoms with Crippen LogP contribution >= 0.6 is 0 Å². The predicted molar refractivity (Wildman–Crippen MR) is 51.9 cm³/mol. The van der Waals surface area contributed by atoms with Gasteiger partial charge in [0.2, 0.25) is 5.91 Å². The highest BCUT2D eigenvalue weighted by molar-refractivity contribution is 5.78. The molecule has 76 valence electrons. The number of amides is 1. The van der Waals surface area contributed by atoms with Crippen molar-refractivity contribution in [3.05, 3.63) is 35.6 Å². The van der Waals surface area contributed by atoms with E-state index in [2.05, 4.69) is 5.43 Å². The van der Waals surface area contributed by atoms with Gasteiger partial charge in [0.25, 0.3) is 0 Å². The summed E-state index contributed by atoms with van der Waals surface area (Å²) in [6.45, 7) is 0. The largest absolute Gasteiger partial charge is 0.289 e. The Hall–Kier alpha value is -1.42. The molecule has 0 aliphatic heterocycles. The summed E-state index contributed by atoms with van der Waals surface area (Å²) in [4.78, 5) is 11.3. The lowest BCUT2D eigenvalue weighted by Gasteiger charge is -2.11. The molecule has 0 fully saturated rings. The Balaban J connectivity index is 2.61. The molecule has 0 atom stereocenters. The van der Waals surface area contributed by atoms with Gasteiger partial charge in [0.15, 0.2) is 0 Å². The third-order valence-corrected chi connectivity index (χ3v) is 1.66. The number of rotatable bonds is 3. The third-order valence-electron chi connectivity index (χ3n) is 1.66. The van der Waals surface area contributed by atoms with Crippen LogP contribution in [-0.4, -0.2) is 25.0 Å². The van der Waals surface area contributed by atoms with Gasteiger partial charge in [-0.3, -0.25) is 10.2 Å². The van der Waals surface area contributed by atoms with Crippen LogP contribution in [0.2, 0.25) is 0 Å². The average Bonchev–Trinajstić information content (AvgIpc) is 2.07. The summed E-state index contributed by atoms with van der Waals surface area (Å²) in [5, 5.41) is 1.53. The minimum Gasteiger partial charge on any atom is -0.289 e. The maximum atomic E-state index is 13.1. The van der Waals surface area contributed by atoms with Crippen molar-refractivity contribution < 1.29 is 9.18 Å². The van der Waals surface area contributed by atoms with Crippen molar-refractivity contribution in [2.45, 2.75) is 6.42 Å². The molecule has 1 aromatic carbocycles. The molecule has 1 N–H and O–H groups in total. The molecule has 0 unspecified atom stereocenters. The van der Waals surface area contributed by atoms with E-state index in [9.17, 15) is 9.18 Å². The van der Waals surface area contributed by atoms with Crippen molar-refractivity contribution in [3.8, 4) is 0 Å². The molecular weight excluding hydrogens is 183 g/mol. The zero-order chi connectivity index (χ0) is 10.6. The Morgan fingerprint density at radius 1 is 1.43 bits per heavy atom. The minimum absolute atomic E-state index is 0.0604. The van der Waals surface area contributed by atoms with Crippen molar-refractivity contribution in [3.63, 3.8) is 0 Å². The maximum absolute atomic E-state index is 13.1. The normalized spacial score (nSPS) is 10.3. The number of hydrogen-bond donors (Lipinski definition) is 1. The van der Waals surface area contributed by atoms with Gasteiger partial charge in [-0.25, -0.2) is 9.40 Å². The van der Waals surface area contributed by atoms with Gasteiger partial charge in [-0.1, -0.05) is 18.2 Å². The Kier molecular flexibility index (Phi) is 3.59. The molecule has 14 heavy (non-hydrogen) atoms. The van der Waals surface area contributed by atoms with Gasteiger partial charge < -0.3 is 0 Å². The lowest BCUT2D eigenvalue weighted by molar-refractivity contribution is -0.124. The molecule has 0 saturated heterocycles. The molecule has 1 amide bonds. The van der Waals surface area contributed by atoms with Crippen LogP contribution in [0, 0.1) is 5.82 Å². The van der Waals surface area contributed by atoms with E-state index in [4.69, 9.17) is 0 Å². The summed E-state index contributed by atoms with van der Waals surface area (Å²) in [6.07, 6.45) is 0.0604. The van der Waals surface area contributed by atoms with E-state index in [1.807, 2.05) is 0 Å². The van der Waals surface area contributed by atoms with E-state index in [0.717, 1.165) is 0 Å². The van der Waals surface area contributed by atoms with E-state index in [-0.39, 0.29) is 18.1 Å². The molecule has 0 aliphatic rings. The van der Waals surface area contributed by atoms with Gasteiger partial charge in [-0.05, 0) is 11.6 Å². The molecule has 0 radical (unpaired) electrons. The monoisotopic (exact) mass is 196 g/mol. The van der Waals surface area contributed by atoms with Gasteiger partial charge in [0.1, 0.15) is 5.82 Å². The molecule has 0 bridgehead atoms. The standard InChI is InChI=1S/C10H13FN2O/c1-13(2)12-10(14)7-8-5-3-4-6-9(8)11/h3-6H,7H2,1-2H3,(H,12,14). The SMILES string of the molecule is CN(C)NC(=O)Cc1ccccc1F. The fourth-order valence-corrected chi connectivity index (χ4v) is 1.10. The summed E-state index contributed by atoms with van der Waals surface area (Å²) >= 11 is 0. The lowest BCUT2D eigenvalue weighted by Crippen LogP contribution is -2.37. The van der Waals surface area contributed by atoms with Gasteiger partial charge in [-0.15, -0.1) is 0 Å². The molecule has 0 aromatic heterocycles. The van der Waals surface area contributed by atoms with Crippen molar-refractivity contribution in [1.82, 2.24) is 10.4 Å². The lowest BCUT2D eigenvalue weighted by atomic mass is 10.1. The maximum Gasteiger partial charge on any atom is 0.238 e. The number of nitrogens with one attached hydrogen (secondary N) is 1. The molecule has 0 heterocycles. The van der Waals surface area contributed by atoms with Crippen LogP contribution in [0.1, 0.15) is 5.56 Å². The van der Waals surface area contributed by atoms with E-state index in [1.165, 1.54) is 11.1 Å². The molecule has 0 aliphatic carbocycles. The molecule has 3 nitrogen and oxygen atoms in total. The first kappa shape index (κ1) is 10.7. The van der Waals surface area contributed by atoms with E-state index >= 15 is 0 Å². The first-order valence-electron chi connectivity index (χ1n) is 4.30.